The summed E-state index contributed by atoms with van der Waals surface area (Å²) in [6.07, 6.45) is 6.95. The lowest BCUT2D eigenvalue weighted by atomic mass is 9.86. The van der Waals surface area contributed by atoms with Crippen LogP contribution in [0.4, 0.5) is 0 Å². The normalized spacial score (nSPS) is 29.3. The quantitative estimate of drug-likeness (QED) is 0.566. The van der Waals surface area contributed by atoms with Gasteiger partial charge in [0, 0.05) is 12.3 Å². The minimum absolute atomic E-state index is 0.470. The molecule has 1 heteroatoms. The van der Waals surface area contributed by atoms with E-state index in [1.165, 1.54) is 37.8 Å². The molecule has 1 aliphatic carbocycles. The van der Waals surface area contributed by atoms with Crippen LogP contribution in [0.1, 0.15) is 46.0 Å². The van der Waals surface area contributed by atoms with Crippen LogP contribution in [-0.2, 0) is 0 Å². The average Bonchev–Trinajstić information content (AvgIpc) is 2.55. The molecule has 1 saturated carbocycles. The van der Waals surface area contributed by atoms with Gasteiger partial charge in [-0.1, -0.05) is 26.7 Å². The van der Waals surface area contributed by atoms with Gasteiger partial charge in [0.05, 0.1) is 0 Å². The van der Waals surface area contributed by atoms with Crippen molar-refractivity contribution in [3.8, 4) is 0 Å². The maximum atomic E-state index is 4.69. The first-order valence-electron chi connectivity index (χ1n) is 5.21. The Labute approximate surface area is 75.3 Å². The van der Waals surface area contributed by atoms with Crippen LogP contribution in [0, 0.1) is 11.3 Å². The molecule has 0 spiro atoms. The maximum Gasteiger partial charge on any atom is 0.0443 e. The summed E-state index contributed by atoms with van der Waals surface area (Å²) < 4.78 is 0. The summed E-state index contributed by atoms with van der Waals surface area (Å²) in [7, 11) is 0. The largest absolute Gasteiger partial charge is 0.293 e. The molecule has 2 rings (SSSR count). The Morgan fingerprint density at radius 3 is 2.42 bits per heavy atom. The van der Waals surface area contributed by atoms with E-state index in [-0.39, 0.29) is 0 Å². The molecule has 0 N–H and O–H groups in total. The third-order valence-electron chi connectivity index (χ3n) is 3.20. The second-order valence-electron chi connectivity index (χ2n) is 5.13. The summed E-state index contributed by atoms with van der Waals surface area (Å²) in [5.74, 6) is 0.867. The highest BCUT2D eigenvalue weighted by atomic mass is 14.8. The highest BCUT2D eigenvalue weighted by molar-refractivity contribution is 5.89. The predicted octanol–water partition coefficient (Wildman–Crippen LogP) is 3.05. The zero-order chi connectivity index (χ0) is 8.60. The average molecular weight is 165 g/mol. The van der Waals surface area contributed by atoms with Crippen LogP contribution in [0.15, 0.2) is 4.99 Å². The molecule has 1 nitrogen and oxygen atoms in total. The van der Waals surface area contributed by atoms with Crippen molar-refractivity contribution in [2.45, 2.75) is 46.0 Å². The lowest BCUT2D eigenvalue weighted by Crippen LogP contribution is -2.15. The predicted molar refractivity (Wildman–Crippen MR) is 52.7 cm³/mol. The molecule has 0 saturated heterocycles. The summed E-state index contributed by atoms with van der Waals surface area (Å²) >= 11 is 0. The molecular formula is C11H19N. The number of nitrogens with zero attached hydrogens (tertiary/aromatic N) is 1. The Morgan fingerprint density at radius 2 is 1.92 bits per heavy atom. The monoisotopic (exact) mass is 165 g/mol. The van der Waals surface area contributed by atoms with Crippen LogP contribution in [0.3, 0.4) is 0 Å². The Bertz CT molecular complexity index is 197. The van der Waals surface area contributed by atoms with Crippen LogP contribution in [0.2, 0.25) is 0 Å². The lowest BCUT2D eigenvalue weighted by molar-refractivity contribution is 0.420. The first-order valence-corrected chi connectivity index (χ1v) is 5.21. The van der Waals surface area contributed by atoms with Crippen molar-refractivity contribution in [2.24, 2.45) is 16.3 Å². The van der Waals surface area contributed by atoms with Crippen molar-refractivity contribution in [2.75, 3.05) is 6.54 Å². The molecule has 0 atom stereocenters. The summed E-state index contributed by atoms with van der Waals surface area (Å²) in [5.41, 5.74) is 2.01. The molecule has 0 radical (unpaired) electrons. The lowest BCUT2D eigenvalue weighted by Gasteiger charge is -2.16. The summed E-state index contributed by atoms with van der Waals surface area (Å²) in [4.78, 5) is 4.69. The third-order valence-corrected chi connectivity index (χ3v) is 3.20. The maximum absolute atomic E-state index is 4.69. The Kier molecular flexibility index (Phi) is 1.97. The fourth-order valence-electron chi connectivity index (χ4n) is 2.45. The van der Waals surface area contributed by atoms with Gasteiger partial charge in [0.1, 0.15) is 0 Å². The van der Waals surface area contributed by atoms with E-state index in [1.54, 1.807) is 0 Å². The molecule has 0 unspecified atom stereocenters. The highest BCUT2D eigenvalue weighted by Gasteiger charge is 2.31. The van der Waals surface area contributed by atoms with Gasteiger partial charge in [-0.15, -0.1) is 0 Å². The van der Waals surface area contributed by atoms with Crippen molar-refractivity contribution in [1.29, 1.82) is 0 Å². The standard InChI is InChI=1S/C11H19N/c1-11(2)7-10(12-8-11)9-5-3-4-6-9/h9H,3-8H2,1-2H3. The minimum Gasteiger partial charge on any atom is -0.293 e. The summed E-state index contributed by atoms with van der Waals surface area (Å²) in [5, 5.41) is 0. The zero-order valence-corrected chi connectivity index (χ0v) is 8.27. The molecule has 1 aliphatic heterocycles. The van der Waals surface area contributed by atoms with Gasteiger partial charge in [-0.05, 0) is 30.6 Å². The molecule has 1 heterocycles. The van der Waals surface area contributed by atoms with Crippen LogP contribution in [0.5, 0.6) is 0 Å². The van der Waals surface area contributed by atoms with E-state index in [4.69, 9.17) is 0 Å². The third kappa shape index (κ3) is 1.55. The molecule has 0 aromatic carbocycles. The van der Waals surface area contributed by atoms with Crippen LogP contribution < -0.4 is 0 Å². The van der Waals surface area contributed by atoms with Gasteiger partial charge in [-0.2, -0.15) is 0 Å². The van der Waals surface area contributed by atoms with Crippen LogP contribution in [0.25, 0.3) is 0 Å². The van der Waals surface area contributed by atoms with E-state index in [0.717, 1.165) is 12.5 Å². The Balaban J connectivity index is 1.98. The van der Waals surface area contributed by atoms with Gasteiger partial charge in [-0.3, -0.25) is 4.99 Å². The Morgan fingerprint density at radius 1 is 1.25 bits per heavy atom. The Hall–Kier alpha value is -0.330. The van der Waals surface area contributed by atoms with Gasteiger partial charge in [-0.25, -0.2) is 0 Å². The second-order valence-corrected chi connectivity index (χ2v) is 5.13. The molecule has 0 aromatic heterocycles. The molecule has 1 fully saturated rings. The van der Waals surface area contributed by atoms with E-state index in [0.29, 0.717) is 5.41 Å². The van der Waals surface area contributed by atoms with E-state index in [9.17, 15) is 0 Å². The summed E-state index contributed by atoms with van der Waals surface area (Å²) in [6, 6.07) is 0. The van der Waals surface area contributed by atoms with Crippen molar-refractivity contribution in [1.82, 2.24) is 0 Å². The first kappa shape index (κ1) is 8.28. The number of aliphatic imine (C=N–C) groups is 1. The van der Waals surface area contributed by atoms with Crippen molar-refractivity contribution < 1.29 is 0 Å². The number of hydrogen-bond donors (Lipinski definition) is 0. The van der Waals surface area contributed by atoms with Crippen molar-refractivity contribution >= 4 is 5.71 Å². The number of hydrogen-bond acceptors (Lipinski definition) is 1. The molecule has 0 bridgehead atoms. The van der Waals surface area contributed by atoms with Crippen molar-refractivity contribution in [3.05, 3.63) is 0 Å². The van der Waals surface area contributed by atoms with Gasteiger partial charge < -0.3 is 0 Å². The van der Waals surface area contributed by atoms with E-state index < -0.39 is 0 Å². The van der Waals surface area contributed by atoms with Crippen molar-refractivity contribution in [3.63, 3.8) is 0 Å². The molecule has 2 aliphatic rings. The van der Waals surface area contributed by atoms with E-state index in [1.807, 2.05) is 0 Å². The highest BCUT2D eigenvalue weighted by Crippen LogP contribution is 2.35. The molecular weight excluding hydrogens is 146 g/mol. The smallest absolute Gasteiger partial charge is 0.0443 e. The van der Waals surface area contributed by atoms with E-state index >= 15 is 0 Å². The first-order chi connectivity index (χ1) is 5.67. The second kappa shape index (κ2) is 2.86. The van der Waals surface area contributed by atoms with E-state index in [2.05, 4.69) is 18.8 Å². The molecule has 12 heavy (non-hydrogen) atoms. The fourth-order valence-corrected chi connectivity index (χ4v) is 2.45. The minimum atomic E-state index is 0.470. The molecule has 0 aromatic rings. The summed E-state index contributed by atoms with van der Waals surface area (Å²) in [6.45, 7) is 5.73. The van der Waals surface area contributed by atoms with Gasteiger partial charge >= 0.3 is 0 Å². The molecule has 0 amide bonds. The van der Waals surface area contributed by atoms with Crippen LogP contribution in [-0.4, -0.2) is 12.3 Å². The SMILES string of the molecule is CC1(C)CN=C(C2CCCC2)C1. The van der Waals surface area contributed by atoms with Gasteiger partial charge in [0.15, 0.2) is 0 Å². The topological polar surface area (TPSA) is 12.4 Å². The van der Waals surface area contributed by atoms with Gasteiger partial charge in [0.25, 0.3) is 0 Å². The van der Waals surface area contributed by atoms with Gasteiger partial charge in [0.2, 0.25) is 0 Å². The zero-order valence-electron chi connectivity index (χ0n) is 8.27. The number of rotatable bonds is 1. The fraction of sp³-hybridized carbons (Fsp3) is 0.909. The van der Waals surface area contributed by atoms with Crippen LogP contribution >= 0.6 is 0 Å². The molecule has 68 valence electrons.